The SMILES string of the molecule is COS(=O)(=O)[O-].COc1ccc(C(c2ccc(OC)cc2)[N+]2(C)CC(OS(=O)(=O)c3ccc(C)cc3)C2)cc1. The van der Waals surface area contributed by atoms with E-state index in [4.69, 9.17) is 13.7 Å². The van der Waals surface area contributed by atoms with E-state index in [0.29, 0.717) is 17.6 Å². The van der Waals surface area contributed by atoms with E-state index in [0.717, 1.165) is 35.3 Å². The van der Waals surface area contributed by atoms with Crippen molar-refractivity contribution in [3.8, 4) is 11.5 Å². The van der Waals surface area contributed by atoms with Crippen LogP contribution in [0.1, 0.15) is 22.7 Å². The van der Waals surface area contributed by atoms with Crippen molar-refractivity contribution >= 4 is 20.5 Å². The highest BCUT2D eigenvalue weighted by Gasteiger charge is 2.50. The van der Waals surface area contributed by atoms with Crippen LogP contribution in [0, 0.1) is 6.92 Å². The second-order valence-electron chi connectivity index (χ2n) is 9.35. The van der Waals surface area contributed by atoms with E-state index in [1.54, 1.807) is 38.5 Å². The second-order valence-corrected chi connectivity index (χ2v) is 12.1. The summed E-state index contributed by atoms with van der Waals surface area (Å²) in [5.41, 5.74) is 3.26. The molecule has 4 rings (SSSR count). The molecule has 0 aromatic heterocycles. The minimum absolute atomic E-state index is 0.0174. The van der Waals surface area contributed by atoms with Crippen molar-refractivity contribution in [3.05, 3.63) is 89.5 Å². The largest absolute Gasteiger partial charge is 0.726 e. The van der Waals surface area contributed by atoms with Crippen LogP contribution in [0.25, 0.3) is 0 Å². The highest BCUT2D eigenvalue weighted by Crippen LogP contribution is 2.40. The Kier molecular flexibility index (Phi) is 9.75. The zero-order valence-electron chi connectivity index (χ0n) is 22.4. The van der Waals surface area contributed by atoms with Gasteiger partial charge in [-0.1, -0.05) is 17.7 Å². The third kappa shape index (κ3) is 8.01. The summed E-state index contributed by atoms with van der Waals surface area (Å²) in [6, 6.07) is 22.8. The Morgan fingerprint density at radius 1 is 0.769 bits per heavy atom. The van der Waals surface area contributed by atoms with Crippen LogP contribution >= 0.6 is 0 Å². The molecule has 10 nitrogen and oxygen atoms in total. The van der Waals surface area contributed by atoms with E-state index in [9.17, 15) is 21.4 Å². The normalized spacial score (nSPS) is 19.0. The molecular formula is C27H33NO9S2. The first-order valence-electron chi connectivity index (χ1n) is 11.9. The summed E-state index contributed by atoms with van der Waals surface area (Å²) in [4.78, 5) is 0.191. The minimum Gasteiger partial charge on any atom is -0.726 e. The zero-order chi connectivity index (χ0) is 28.8. The van der Waals surface area contributed by atoms with Crippen molar-refractivity contribution in [1.82, 2.24) is 0 Å². The zero-order valence-corrected chi connectivity index (χ0v) is 24.1. The number of quaternary nitrogens is 1. The van der Waals surface area contributed by atoms with Gasteiger partial charge in [0, 0.05) is 11.1 Å². The topological polar surface area (TPSA) is 128 Å². The first-order chi connectivity index (χ1) is 18.3. The predicted molar refractivity (Wildman–Crippen MR) is 144 cm³/mol. The summed E-state index contributed by atoms with van der Waals surface area (Å²) in [6.45, 7) is 3.08. The number of ether oxygens (including phenoxy) is 2. The number of likely N-dealkylation sites (tertiary alicyclic amines) is 1. The van der Waals surface area contributed by atoms with Gasteiger partial charge < -0.3 is 18.5 Å². The number of nitrogens with zero attached hydrogens (tertiary/aromatic N) is 1. The van der Waals surface area contributed by atoms with Gasteiger partial charge in [0.25, 0.3) is 10.1 Å². The molecule has 0 aliphatic carbocycles. The summed E-state index contributed by atoms with van der Waals surface area (Å²) in [6.07, 6.45) is -0.375. The third-order valence-corrected chi connectivity index (χ3v) is 8.29. The van der Waals surface area contributed by atoms with Gasteiger partial charge in [-0.15, -0.1) is 0 Å². The molecule has 1 heterocycles. The van der Waals surface area contributed by atoms with E-state index in [1.807, 2.05) is 31.2 Å². The quantitative estimate of drug-likeness (QED) is 0.162. The maximum atomic E-state index is 12.8. The fourth-order valence-electron chi connectivity index (χ4n) is 4.57. The molecule has 12 heteroatoms. The number of hydrogen-bond acceptors (Lipinski definition) is 9. The number of benzene rings is 3. The molecule has 39 heavy (non-hydrogen) atoms. The van der Waals surface area contributed by atoms with Crippen LogP contribution in [0.2, 0.25) is 0 Å². The Hall–Kier alpha value is -3.00. The number of rotatable bonds is 9. The summed E-state index contributed by atoms with van der Waals surface area (Å²) >= 11 is 0. The van der Waals surface area contributed by atoms with Gasteiger partial charge >= 0.3 is 0 Å². The lowest BCUT2D eigenvalue weighted by atomic mass is 9.90. The van der Waals surface area contributed by atoms with E-state index >= 15 is 0 Å². The first kappa shape index (κ1) is 30.5. The van der Waals surface area contributed by atoms with Crippen molar-refractivity contribution in [3.63, 3.8) is 0 Å². The highest BCUT2D eigenvalue weighted by molar-refractivity contribution is 7.86. The molecule has 0 bridgehead atoms. The molecule has 212 valence electrons. The van der Waals surface area contributed by atoms with Crippen LogP contribution in [0.5, 0.6) is 11.5 Å². The van der Waals surface area contributed by atoms with Gasteiger partial charge in [0.05, 0.1) is 33.3 Å². The molecule has 1 aliphatic rings. The molecule has 0 atom stereocenters. The monoisotopic (exact) mass is 579 g/mol. The van der Waals surface area contributed by atoms with Gasteiger partial charge in [-0.2, -0.15) is 8.42 Å². The van der Waals surface area contributed by atoms with E-state index in [1.165, 1.54) is 0 Å². The number of methoxy groups -OCH3 is 2. The molecule has 3 aromatic carbocycles. The Morgan fingerprint density at radius 2 is 1.18 bits per heavy atom. The molecule has 0 radical (unpaired) electrons. The summed E-state index contributed by atoms with van der Waals surface area (Å²) < 4.78 is 73.4. The van der Waals surface area contributed by atoms with Crippen molar-refractivity contribution < 1.29 is 43.7 Å². The fourth-order valence-corrected chi connectivity index (χ4v) is 5.63. The lowest BCUT2D eigenvalue weighted by molar-refractivity contribution is -0.976. The van der Waals surface area contributed by atoms with Crippen molar-refractivity contribution in [2.24, 2.45) is 0 Å². The summed E-state index contributed by atoms with van der Waals surface area (Å²) in [5, 5.41) is 0. The van der Waals surface area contributed by atoms with Gasteiger partial charge in [-0.25, -0.2) is 8.42 Å². The average molecular weight is 580 g/mol. The molecule has 1 aliphatic heterocycles. The molecule has 1 saturated heterocycles. The maximum Gasteiger partial charge on any atom is 0.297 e. The van der Waals surface area contributed by atoms with Crippen LogP contribution in [-0.4, -0.2) is 73.4 Å². The standard InChI is InChI=1S/C26H30NO5S.CH4O4S/c1-19-5-15-25(16-6-19)33(28,29)32-24-17-27(2,18-24)26(20-7-11-22(30-3)12-8-20)21-9-13-23(31-4)14-10-21;1-5-6(2,3)4/h5-16,24,26H,17-18H2,1-4H3;1H3,(H,2,3,4)/q+1;/p-1. The molecule has 0 N–H and O–H groups in total. The first-order valence-corrected chi connectivity index (χ1v) is 14.7. The van der Waals surface area contributed by atoms with Crippen LogP contribution in [0.15, 0.2) is 77.7 Å². The number of likely N-dealkylation sites (N-methyl/N-ethyl adjacent to an activating group) is 1. The Bertz CT molecular complexity index is 1390. The van der Waals surface area contributed by atoms with Crippen molar-refractivity contribution in [2.45, 2.75) is 24.0 Å². The molecule has 1 fully saturated rings. The smallest absolute Gasteiger partial charge is 0.297 e. The molecule has 0 saturated carbocycles. The van der Waals surface area contributed by atoms with Gasteiger partial charge in [0.15, 0.2) is 6.10 Å². The van der Waals surface area contributed by atoms with Crippen LogP contribution in [0.4, 0.5) is 0 Å². The van der Waals surface area contributed by atoms with Gasteiger partial charge in [-0.05, 0) is 67.6 Å². The Labute approximate surface area is 230 Å². The lowest BCUT2D eigenvalue weighted by Gasteiger charge is -2.51. The number of aryl methyl sites for hydroxylation is 1. The van der Waals surface area contributed by atoms with Crippen LogP contribution < -0.4 is 9.47 Å². The Morgan fingerprint density at radius 3 is 1.54 bits per heavy atom. The van der Waals surface area contributed by atoms with Crippen LogP contribution in [-0.2, 0) is 28.9 Å². The molecule has 0 spiro atoms. The fraction of sp³-hybridized carbons (Fsp3) is 0.333. The second kappa shape index (κ2) is 12.5. The summed E-state index contributed by atoms with van der Waals surface area (Å²) in [7, 11) is -1.97. The van der Waals surface area contributed by atoms with E-state index in [2.05, 4.69) is 35.5 Å². The Balaban J connectivity index is 0.000000631. The third-order valence-electron chi connectivity index (χ3n) is 6.50. The van der Waals surface area contributed by atoms with E-state index in [-0.39, 0.29) is 17.0 Å². The van der Waals surface area contributed by atoms with Gasteiger partial charge in [0.2, 0.25) is 10.4 Å². The maximum absolute atomic E-state index is 12.8. The molecular weight excluding hydrogens is 546 g/mol. The number of hydrogen-bond donors (Lipinski definition) is 0. The predicted octanol–water partition coefficient (Wildman–Crippen LogP) is 3.43. The molecule has 0 amide bonds. The summed E-state index contributed by atoms with van der Waals surface area (Å²) in [5.74, 6) is 1.59. The van der Waals surface area contributed by atoms with Gasteiger partial charge in [-0.3, -0.25) is 8.37 Å². The molecule has 3 aromatic rings. The van der Waals surface area contributed by atoms with Gasteiger partial charge in [0.1, 0.15) is 30.6 Å². The van der Waals surface area contributed by atoms with Crippen LogP contribution in [0.3, 0.4) is 0 Å². The molecule has 0 unspecified atom stereocenters. The van der Waals surface area contributed by atoms with Crippen molar-refractivity contribution in [2.75, 3.05) is 41.5 Å². The lowest BCUT2D eigenvalue weighted by Crippen LogP contribution is -2.66. The average Bonchev–Trinajstić information content (AvgIpc) is 2.89. The van der Waals surface area contributed by atoms with E-state index < -0.39 is 20.5 Å². The highest BCUT2D eigenvalue weighted by atomic mass is 32.3. The minimum atomic E-state index is -4.41. The van der Waals surface area contributed by atoms with Crippen molar-refractivity contribution in [1.29, 1.82) is 0 Å².